The smallest absolute Gasteiger partial charge is 0.351 e. The first-order valence-electron chi connectivity index (χ1n) is 5.48. The number of anilines is 1. The molecule has 0 amide bonds. The van der Waals surface area contributed by atoms with Crippen molar-refractivity contribution in [1.82, 2.24) is 9.55 Å². The van der Waals surface area contributed by atoms with Crippen LogP contribution in [-0.2, 0) is 9.57 Å². The number of azide groups is 1. The minimum absolute atomic E-state index is 0.0696. The lowest BCUT2D eigenvalue weighted by molar-refractivity contribution is -0.0433. The largest absolute Gasteiger partial charge is 0.431 e. The fraction of sp³-hybridized carbons (Fsp3) is 0.556. The fourth-order valence-electron chi connectivity index (χ4n) is 1.82. The van der Waals surface area contributed by atoms with Crippen LogP contribution >= 0.6 is 0 Å². The summed E-state index contributed by atoms with van der Waals surface area (Å²) in [5, 5.41) is 2.92. The zero-order valence-electron chi connectivity index (χ0n) is 9.77. The predicted molar refractivity (Wildman–Crippen MR) is 61.1 cm³/mol. The molecule has 2 heterocycles. The molecule has 2 rings (SSSR count). The van der Waals surface area contributed by atoms with E-state index in [1.54, 1.807) is 0 Å². The SMILES string of the molecule is [N-]=[N+]=NOC[C@@H]1CC[C@H](n2cc(F)c(N)nc2=O)O1. The predicted octanol–water partition coefficient (Wildman–Crippen LogP) is 0.884. The van der Waals surface area contributed by atoms with Crippen molar-refractivity contribution in [3.05, 3.63) is 32.9 Å². The monoisotopic (exact) mass is 270 g/mol. The summed E-state index contributed by atoms with van der Waals surface area (Å²) < 4.78 is 19.8. The number of hydrogen-bond acceptors (Lipinski definition) is 6. The fourth-order valence-corrected chi connectivity index (χ4v) is 1.82. The van der Waals surface area contributed by atoms with Gasteiger partial charge in [0, 0.05) is 4.91 Å². The van der Waals surface area contributed by atoms with Gasteiger partial charge in [0.25, 0.3) is 0 Å². The van der Waals surface area contributed by atoms with Crippen LogP contribution in [0.5, 0.6) is 0 Å². The highest BCUT2D eigenvalue weighted by molar-refractivity contribution is 5.26. The highest BCUT2D eigenvalue weighted by atomic mass is 19.1. The second kappa shape index (κ2) is 5.55. The molecule has 1 aromatic heterocycles. The second-order valence-electron chi connectivity index (χ2n) is 3.92. The number of nitrogens with two attached hydrogens (primary N) is 1. The Morgan fingerprint density at radius 2 is 2.53 bits per heavy atom. The van der Waals surface area contributed by atoms with Gasteiger partial charge >= 0.3 is 5.69 Å². The van der Waals surface area contributed by atoms with E-state index in [2.05, 4.69) is 20.0 Å². The minimum atomic E-state index is -0.781. The molecule has 102 valence electrons. The molecule has 2 atom stereocenters. The molecule has 1 aliphatic rings. The Bertz CT molecular complexity index is 570. The van der Waals surface area contributed by atoms with Gasteiger partial charge in [-0.1, -0.05) is 0 Å². The molecule has 1 aliphatic heterocycles. The summed E-state index contributed by atoms with van der Waals surface area (Å²) in [4.78, 5) is 22.0. The summed E-state index contributed by atoms with van der Waals surface area (Å²) in [6.45, 7) is 0.0696. The molecule has 0 bridgehead atoms. The number of aromatic nitrogens is 2. The molecule has 0 spiro atoms. The van der Waals surface area contributed by atoms with Gasteiger partial charge in [-0.25, -0.2) is 9.18 Å². The molecule has 0 aliphatic carbocycles. The maximum absolute atomic E-state index is 13.3. The third kappa shape index (κ3) is 2.92. The minimum Gasteiger partial charge on any atom is -0.431 e. The molecule has 1 fully saturated rings. The highest BCUT2D eigenvalue weighted by Gasteiger charge is 2.28. The van der Waals surface area contributed by atoms with Crippen LogP contribution in [0, 0.1) is 5.82 Å². The van der Waals surface area contributed by atoms with Crippen molar-refractivity contribution in [2.45, 2.75) is 25.2 Å². The third-order valence-electron chi connectivity index (χ3n) is 2.68. The molecule has 0 aromatic carbocycles. The zero-order valence-corrected chi connectivity index (χ0v) is 9.77. The van der Waals surface area contributed by atoms with E-state index >= 15 is 0 Å². The van der Waals surface area contributed by atoms with Crippen molar-refractivity contribution in [2.24, 2.45) is 5.28 Å². The number of ether oxygens (including phenoxy) is 1. The van der Waals surface area contributed by atoms with Gasteiger partial charge < -0.3 is 15.3 Å². The van der Waals surface area contributed by atoms with Crippen LogP contribution in [0.15, 0.2) is 16.3 Å². The van der Waals surface area contributed by atoms with Gasteiger partial charge in [0.2, 0.25) is 0 Å². The molecule has 2 N–H and O–H groups in total. The van der Waals surface area contributed by atoms with Gasteiger partial charge in [0.05, 0.1) is 12.3 Å². The molecule has 19 heavy (non-hydrogen) atoms. The highest BCUT2D eigenvalue weighted by Crippen LogP contribution is 2.27. The lowest BCUT2D eigenvalue weighted by atomic mass is 10.2. The van der Waals surface area contributed by atoms with Crippen LogP contribution in [0.1, 0.15) is 19.1 Å². The normalized spacial score (nSPS) is 21.9. The van der Waals surface area contributed by atoms with Crippen molar-refractivity contribution in [1.29, 1.82) is 0 Å². The Labute approximate surface area is 106 Å². The summed E-state index contributed by atoms with van der Waals surface area (Å²) >= 11 is 0. The van der Waals surface area contributed by atoms with Gasteiger partial charge in [0.1, 0.15) is 18.1 Å². The number of hydrogen-bond donors (Lipinski definition) is 1. The summed E-state index contributed by atoms with van der Waals surface area (Å²) in [5.41, 5.74) is 12.6. The molecule has 10 heteroatoms. The van der Waals surface area contributed by atoms with E-state index in [0.717, 1.165) is 10.8 Å². The number of rotatable bonds is 4. The van der Waals surface area contributed by atoms with Crippen LogP contribution < -0.4 is 11.4 Å². The lowest BCUT2D eigenvalue weighted by Gasteiger charge is -2.15. The quantitative estimate of drug-likeness (QED) is 0.376. The van der Waals surface area contributed by atoms with Crippen LogP contribution in [0.2, 0.25) is 0 Å². The molecule has 0 saturated carbocycles. The topological polar surface area (TPSA) is 128 Å². The van der Waals surface area contributed by atoms with Gasteiger partial charge in [-0.05, 0) is 18.4 Å². The third-order valence-corrected chi connectivity index (χ3v) is 2.68. The first-order chi connectivity index (χ1) is 9.11. The average Bonchev–Trinajstić information content (AvgIpc) is 2.83. The van der Waals surface area contributed by atoms with Crippen molar-refractivity contribution in [3.8, 4) is 0 Å². The first-order valence-corrected chi connectivity index (χ1v) is 5.48. The summed E-state index contributed by atoms with van der Waals surface area (Å²) in [6, 6.07) is 0. The molecular weight excluding hydrogens is 259 g/mol. The van der Waals surface area contributed by atoms with Crippen LogP contribution in [0.25, 0.3) is 10.4 Å². The van der Waals surface area contributed by atoms with E-state index in [-0.39, 0.29) is 12.7 Å². The van der Waals surface area contributed by atoms with Crippen molar-refractivity contribution >= 4 is 5.82 Å². The summed E-state index contributed by atoms with van der Waals surface area (Å²) in [6.07, 6.45) is 1.09. The Morgan fingerprint density at radius 3 is 3.26 bits per heavy atom. The van der Waals surface area contributed by atoms with Gasteiger partial charge in [-0.2, -0.15) is 4.98 Å². The standard InChI is InChI=1S/C9H11FN6O3/c10-6-3-16(9(17)13-8(6)11)7-2-1-5(19-7)4-18-15-14-12/h3,5,7H,1-2,4H2,(H2,11,13,17)/t5-,7+/m0/s1. The maximum Gasteiger partial charge on any atom is 0.351 e. The van der Waals surface area contributed by atoms with E-state index < -0.39 is 23.6 Å². The molecular formula is C9H11FN6O3. The maximum atomic E-state index is 13.3. The van der Waals surface area contributed by atoms with Crippen LogP contribution in [0.4, 0.5) is 10.2 Å². The van der Waals surface area contributed by atoms with Crippen molar-refractivity contribution in [2.75, 3.05) is 12.3 Å². The van der Waals surface area contributed by atoms with E-state index in [4.69, 9.17) is 16.0 Å². The number of nitrogens with zero attached hydrogens (tertiary/aromatic N) is 5. The van der Waals surface area contributed by atoms with Crippen LogP contribution in [-0.4, -0.2) is 22.3 Å². The van der Waals surface area contributed by atoms with Crippen molar-refractivity contribution < 1.29 is 14.0 Å². The Morgan fingerprint density at radius 1 is 1.74 bits per heavy atom. The van der Waals surface area contributed by atoms with Gasteiger partial charge in [0.15, 0.2) is 11.6 Å². The molecule has 0 unspecified atom stereocenters. The summed E-state index contributed by atoms with van der Waals surface area (Å²) in [5.74, 6) is -1.22. The van der Waals surface area contributed by atoms with Gasteiger partial charge in [-0.3, -0.25) is 4.57 Å². The Kier molecular flexibility index (Phi) is 3.83. The molecule has 1 aromatic rings. The zero-order chi connectivity index (χ0) is 13.8. The first kappa shape index (κ1) is 13.1. The van der Waals surface area contributed by atoms with Crippen molar-refractivity contribution in [3.63, 3.8) is 0 Å². The lowest BCUT2D eigenvalue weighted by Crippen LogP contribution is -2.29. The number of nitrogen functional groups attached to an aromatic ring is 1. The van der Waals surface area contributed by atoms with Gasteiger partial charge in [-0.15, -0.1) is 0 Å². The molecule has 1 saturated heterocycles. The van der Waals surface area contributed by atoms with Crippen LogP contribution in [0.3, 0.4) is 0 Å². The van der Waals surface area contributed by atoms with E-state index in [0.29, 0.717) is 12.8 Å². The molecule has 0 radical (unpaired) electrons. The van der Waals surface area contributed by atoms with E-state index in [1.165, 1.54) is 0 Å². The number of halogens is 1. The van der Waals surface area contributed by atoms with E-state index in [9.17, 15) is 9.18 Å². The second-order valence-corrected chi connectivity index (χ2v) is 3.92. The summed E-state index contributed by atoms with van der Waals surface area (Å²) in [7, 11) is 0. The Hall–Kier alpha value is -2.32. The van der Waals surface area contributed by atoms with E-state index in [1.807, 2.05) is 0 Å². The Balaban J connectivity index is 2.06. The average molecular weight is 270 g/mol. The molecule has 9 nitrogen and oxygen atoms in total.